The minimum atomic E-state index is -1.92. The van der Waals surface area contributed by atoms with Gasteiger partial charge in [0.05, 0.1) is 6.61 Å². The monoisotopic (exact) mass is 1110 g/mol. The lowest BCUT2D eigenvalue weighted by molar-refractivity contribution is -0.301. The molecule has 0 aromatic rings. The van der Waals surface area contributed by atoms with E-state index in [1.807, 2.05) is 12.2 Å². The number of carboxylic acid groups (broad SMARTS) is 1. The Bertz CT molecular complexity index is 1740. The van der Waals surface area contributed by atoms with Crippen molar-refractivity contribution in [2.45, 2.75) is 289 Å². The van der Waals surface area contributed by atoms with Crippen molar-refractivity contribution in [2.75, 3.05) is 13.2 Å². The predicted octanol–water partition coefficient (Wildman–Crippen LogP) is 16.5. The van der Waals surface area contributed by atoms with Crippen LogP contribution in [0.25, 0.3) is 0 Å². The van der Waals surface area contributed by atoms with Gasteiger partial charge in [0.1, 0.15) is 18.8 Å². The molecule has 1 fully saturated rings. The van der Waals surface area contributed by atoms with E-state index in [4.69, 9.17) is 23.7 Å². The van der Waals surface area contributed by atoms with Crippen LogP contribution in [0.15, 0.2) is 97.2 Å². The van der Waals surface area contributed by atoms with Crippen molar-refractivity contribution < 1.29 is 58.2 Å². The van der Waals surface area contributed by atoms with E-state index in [0.29, 0.717) is 19.3 Å². The van der Waals surface area contributed by atoms with Crippen molar-refractivity contribution >= 4 is 23.9 Å². The molecule has 79 heavy (non-hydrogen) atoms. The van der Waals surface area contributed by atoms with Gasteiger partial charge in [-0.15, -0.1) is 0 Å². The first-order chi connectivity index (χ1) is 38.6. The highest BCUT2D eigenvalue weighted by molar-refractivity contribution is 5.74. The maximum atomic E-state index is 13.2. The van der Waals surface area contributed by atoms with Crippen LogP contribution >= 0.6 is 0 Å². The van der Waals surface area contributed by atoms with Crippen LogP contribution < -0.4 is 0 Å². The fraction of sp³-hybridized carbons (Fsp3) is 0.701. The minimum Gasteiger partial charge on any atom is -0.479 e. The number of carboxylic acids is 1. The predicted molar refractivity (Wildman–Crippen MR) is 321 cm³/mol. The molecule has 0 radical (unpaired) electrons. The molecule has 1 rings (SSSR count). The number of esters is 3. The van der Waals surface area contributed by atoms with Crippen molar-refractivity contribution in [1.29, 1.82) is 0 Å². The Morgan fingerprint density at radius 2 is 0.823 bits per heavy atom. The van der Waals surface area contributed by atoms with Crippen LogP contribution in [0.3, 0.4) is 0 Å². The van der Waals surface area contributed by atoms with Crippen molar-refractivity contribution in [3.63, 3.8) is 0 Å². The first-order valence-electron chi connectivity index (χ1n) is 31.2. The van der Waals surface area contributed by atoms with E-state index in [1.165, 1.54) is 77.0 Å². The number of allylic oxidation sites excluding steroid dienone is 16. The van der Waals surface area contributed by atoms with Crippen molar-refractivity contribution in [3.8, 4) is 0 Å². The third kappa shape index (κ3) is 44.0. The van der Waals surface area contributed by atoms with E-state index in [9.17, 15) is 34.5 Å². The maximum absolute atomic E-state index is 13.2. The summed E-state index contributed by atoms with van der Waals surface area (Å²) in [4.78, 5) is 51.2. The second-order valence-electron chi connectivity index (χ2n) is 20.9. The average molecular weight is 1110 g/mol. The number of aliphatic carboxylic acids is 1. The summed E-state index contributed by atoms with van der Waals surface area (Å²) in [5.74, 6) is -3.25. The molecule has 0 bridgehead atoms. The van der Waals surface area contributed by atoms with Crippen LogP contribution in [-0.4, -0.2) is 89.2 Å². The Hall–Kier alpha value is -4.36. The Morgan fingerprint density at radius 3 is 1.27 bits per heavy atom. The quantitative estimate of drug-likeness (QED) is 0.0228. The van der Waals surface area contributed by atoms with Crippen LogP contribution in [0.1, 0.15) is 252 Å². The molecule has 0 aliphatic carbocycles. The highest BCUT2D eigenvalue weighted by Crippen LogP contribution is 2.26. The van der Waals surface area contributed by atoms with Gasteiger partial charge in [-0.25, -0.2) is 4.79 Å². The highest BCUT2D eigenvalue weighted by Gasteiger charge is 2.50. The Balaban J connectivity index is 2.74. The van der Waals surface area contributed by atoms with Crippen LogP contribution in [0, 0.1) is 0 Å². The van der Waals surface area contributed by atoms with Gasteiger partial charge in [-0.3, -0.25) is 14.4 Å². The van der Waals surface area contributed by atoms with Gasteiger partial charge in [0.25, 0.3) is 0 Å². The number of rotatable bonds is 52. The molecule has 1 aliphatic heterocycles. The minimum absolute atomic E-state index is 0.0394. The summed E-state index contributed by atoms with van der Waals surface area (Å²) in [6.07, 6.45) is 59.5. The molecule has 450 valence electrons. The molecule has 0 aromatic carbocycles. The molecule has 12 nitrogen and oxygen atoms in total. The van der Waals surface area contributed by atoms with E-state index in [2.05, 4.69) is 106 Å². The Morgan fingerprint density at radius 1 is 0.430 bits per heavy atom. The summed E-state index contributed by atoms with van der Waals surface area (Å²) in [5, 5.41) is 31.5. The number of aliphatic hydroxyl groups excluding tert-OH is 2. The van der Waals surface area contributed by atoms with Crippen LogP contribution in [0.5, 0.6) is 0 Å². The zero-order valence-corrected chi connectivity index (χ0v) is 49.6. The van der Waals surface area contributed by atoms with Gasteiger partial charge in [-0.05, 0) is 109 Å². The lowest BCUT2D eigenvalue weighted by Crippen LogP contribution is -2.61. The van der Waals surface area contributed by atoms with Crippen molar-refractivity contribution in [1.82, 2.24) is 0 Å². The molecule has 0 saturated carbocycles. The zero-order chi connectivity index (χ0) is 57.5. The summed E-state index contributed by atoms with van der Waals surface area (Å²) in [7, 11) is 0. The molecular formula is C67H110O12. The van der Waals surface area contributed by atoms with Crippen LogP contribution in [0.2, 0.25) is 0 Å². The number of carbonyl (C=O) groups is 4. The fourth-order valence-corrected chi connectivity index (χ4v) is 8.85. The van der Waals surface area contributed by atoms with Crippen LogP contribution in [0.4, 0.5) is 0 Å². The lowest BCUT2D eigenvalue weighted by atomic mass is 9.98. The molecule has 12 heteroatoms. The van der Waals surface area contributed by atoms with Gasteiger partial charge in [-0.1, -0.05) is 221 Å². The first kappa shape index (κ1) is 72.7. The fourth-order valence-electron chi connectivity index (χ4n) is 8.85. The standard InChI is InChI=1S/C67H110O12/c1-4-7-10-13-16-19-22-25-28-29-30-31-34-35-38-41-44-47-50-53-59(68)75-56-58(77-60(69)54-51-48-45-42-39-36-32-26-23-20-17-14-11-8-5-2)57-76-67-65(63(72)62(71)64(79-67)66(73)74)78-61(70)55-52-49-46-43-40-37-33-27-24-21-18-15-12-9-6-3/h7,10,16,19,25-28,30-33,35,38,44,47,58,62-65,67,71-72H,4-6,8-9,11-15,17-18,20-24,29,34,36-37,39-43,45-46,48-57H2,1-3H3,(H,73,74)/b10-7-,19-16-,28-25-,31-30-,32-26-,33-27-,38-35-,47-44-. The normalized spacial score (nSPS) is 18.5. The summed E-state index contributed by atoms with van der Waals surface area (Å²) in [5.41, 5.74) is 0. The number of carbonyl (C=O) groups excluding carboxylic acids is 3. The lowest BCUT2D eigenvalue weighted by Gasteiger charge is -2.40. The number of hydrogen-bond donors (Lipinski definition) is 3. The van der Waals surface area contributed by atoms with E-state index >= 15 is 0 Å². The topological polar surface area (TPSA) is 175 Å². The molecule has 1 saturated heterocycles. The second-order valence-corrected chi connectivity index (χ2v) is 20.9. The van der Waals surface area contributed by atoms with Gasteiger partial charge >= 0.3 is 23.9 Å². The third-order valence-corrected chi connectivity index (χ3v) is 13.6. The SMILES string of the molecule is CC/C=C\C/C=C\C/C=C\C/C=C\C/C=C\C/C=C\CCC(=O)OCC(COC1OC(C(=O)O)C(O)C(O)C1OC(=O)CCCCCCC/C=C\CCCCCCCC)OC(=O)CCCCCCC/C=C\CCCCCCCC. The molecule has 1 aliphatic rings. The van der Waals surface area contributed by atoms with Gasteiger partial charge in [-0.2, -0.15) is 0 Å². The van der Waals surface area contributed by atoms with Gasteiger partial charge in [0, 0.05) is 19.3 Å². The second kappa shape index (κ2) is 54.2. The van der Waals surface area contributed by atoms with Crippen molar-refractivity contribution in [3.05, 3.63) is 97.2 Å². The Labute approximate surface area is 479 Å². The summed E-state index contributed by atoms with van der Waals surface area (Å²) in [6.45, 7) is 5.80. The van der Waals surface area contributed by atoms with E-state index in [1.54, 1.807) is 0 Å². The number of hydrogen-bond acceptors (Lipinski definition) is 11. The van der Waals surface area contributed by atoms with Gasteiger partial charge in [0.15, 0.2) is 24.6 Å². The summed E-state index contributed by atoms with van der Waals surface area (Å²) in [6, 6.07) is 0. The summed E-state index contributed by atoms with van der Waals surface area (Å²) < 4.78 is 28.4. The molecule has 6 atom stereocenters. The average Bonchev–Trinajstić information content (AvgIpc) is 3.46. The van der Waals surface area contributed by atoms with E-state index in [-0.39, 0.29) is 25.9 Å². The van der Waals surface area contributed by atoms with Gasteiger partial charge < -0.3 is 39.0 Å². The van der Waals surface area contributed by atoms with Gasteiger partial charge in [0.2, 0.25) is 0 Å². The molecule has 3 N–H and O–H groups in total. The molecule has 6 unspecified atom stereocenters. The highest BCUT2D eigenvalue weighted by atomic mass is 16.7. The Kier molecular flexibility index (Phi) is 49.9. The van der Waals surface area contributed by atoms with E-state index < -0.39 is 67.3 Å². The largest absolute Gasteiger partial charge is 0.479 e. The smallest absolute Gasteiger partial charge is 0.335 e. The van der Waals surface area contributed by atoms with Crippen LogP contribution in [-0.2, 0) is 42.9 Å². The maximum Gasteiger partial charge on any atom is 0.335 e. The molecule has 0 amide bonds. The van der Waals surface area contributed by atoms with Crippen molar-refractivity contribution in [2.24, 2.45) is 0 Å². The third-order valence-electron chi connectivity index (χ3n) is 13.6. The molecule has 1 heterocycles. The van der Waals surface area contributed by atoms with E-state index in [0.717, 1.165) is 116 Å². The number of unbranched alkanes of at least 4 members (excludes halogenated alkanes) is 22. The molecule has 0 aromatic heterocycles. The number of ether oxygens (including phenoxy) is 5. The number of aliphatic hydroxyl groups is 2. The molecular weight excluding hydrogens is 997 g/mol. The summed E-state index contributed by atoms with van der Waals surface area (Å²) >= 11 is 0. The first-order valence-corrected chi connectivity index (χ1v) is 31.2. The molecule has 0 spiro atoms. The zero-order valence-electron chi connectivity index (χ0n) is 49.6.